The fourth-order valence-corrected chi connectivity index (χ4v) is 3.46. The Kier molecular flexibility index (Phi) is 6.19. The van der Waals surface area contributed by atoms with Gasteiger partial charge in [-0.05, 0) is 35.9 Å². The van der Waals surface area contributed by atoms with E-state index in [4.69, 9.17) is 20.9 Å². The van der Waals surface area contributed by atoms with Gasteiger partial charge < -0.3 is 14.6 Å². The Hall–Kier alpha value is -2.74. The van der Waals surface area contributed by atoms with Crippen LogP contribution in [0.2, 0.25) is 5.02 Å². The summed E-state index contributed by atoms with van der Waals surface area (Å²) in [5.74, 6) is 0.236. The number of carbonyl (C=O) groups excluding carboxylic acids is 1. The number of morpholine rings is 1. The van der Waals surface area contributed by atoms with Crippen molar-refractivity contribution in [3.05, 3.63) is 71.1 Å². The lowest BCUT2D eigenvalue weighted by molar-refractivity contribution is 0.0161. The van der Waals surface area contributed by atoms with Crippen LogP contribution in [-0.4, -0.2) is 53.8 Å². The first-order chi connectivity index (χ1) is 14.2. The number of carbonyl (C=O) groups is 1. The Labute approximate surface area is 173 Å². The van der Waals surface area contributed by atoms with E-state index in [1.165, 1.54) is 0 Å². The molecule has 150 valence electrons. The molecule has 1 fully saturated rings. The van der Waals surface area contributed by atoms with Crippen molar-refractivity contribution in [2.45, 2.75) is 6.04 Å². The van der Waals surface area contributed by atoms with Gasteiger partial charge in [0.15, 0.2) is 11.5 Å². The molecule has 7 nitrogen and oxygen atoms in total. The smallest absolute Gasteiger partial charge is 0.273 e. The van der Waals surface area contributed by atoms with Crippen LogP contribution in [0.1, 0.15) is 22.1 Å². The summed E-state index contributed by atoms with van der Waals surface area (Å²) < 4.78 is 10.8. The average molecular weight is 413 g/mol. The Morgan fingerprint density at radius 3 is 2.72 bits per heavy atom. The summed E-state index contributed by atoms with van der Waals surface area (Å²) in [7, 11) is 0. The standard InChI is InChI=1S/C21H21ClN4O3/c22-17-5-3-15(4-6-17)20-12-18(25-29-20)21(27)24-14-19(16-2-1-7-23-13-16)26-8-10-28-11-9-26/h1-7,12-13,19H,8-11,14H2,(H,24,27). The zero-order valence-electron chi connectivity index (χ0n) is 15.8. The molecule has 29 heavy (non-hydrogen) atoms. The van der Waals surface area contributed by atoms with Crippen molar-refractivity contribution in [3.63, 3.8) is 0 Å². The number of aromatic nitrogens is 2. The molecule has 3 heterocycles. The molecule has 4 rings (SSSR count). The maximum absolute atomic E-state index is 12.6. The lowest BCUT2D eigenvalue weighted by Gasteiger charge is -2.34. The minimum Gasteiger partial charge on any atom is -0.379 e. The Balaban J connectivity index is 1.44. The van der Waals surface area contributed by atoms with E-state index in [9.17, 15) is 4.79 Å². The first-order valence-electron chi connectivity index (χ1n) is 9.43. The second-order valence-electron chi connectivity index (χ2n) is 6.74. The van der Waals surface area contributed by atoms with Crippen LogP contribution >= 0.6 is 11.6 Å². The summed E-state index contributed by atoms with van der Waals surface area (Å²) in [6.45, 7) is 3.41. The van der Waals surface area contributed by atoms with Crippen molar-refractivity contribution in [1.29, 1.82) is 0 Å². The van der Waals surface area contributed by atoms with Gasteiger partial charge in [-0.2, -0.15) is 0 Å². The van der Waals surface area contributed by atoms with Gasteiger partial charge in [0.25, 0.3) is 5.91 Å². The molecule has 1 aromatic carbocycles. The predicted octanol–water partition coefficient (Wildman–Crippen LogP) is 3.19. The van der Waals surface area contributed by atoms with Gasteiger partial charge in [-0.3, -0.25) is 14.7 Å². The number of rotatable bonds is 6. The number of nitrogens with one attached hydrogen (secondary N) is 1. The summed E-state index contributed by atoms with van der Waals surface area (Å²) in [5, 5.41) is 7.52. The molecule has 8 heteroatoms. The van der Waals surface area contributed by atoms with E-state index in [1.807, 2.05) is 30.5 Å². The number of halogens is 1. The van der Waals surface area contributed by atoms with E-state index in [0.29, 0.717) is 30.5 Å². The zero-order chi connectivity index (χ0) is 20.1. The van der Waals surface area contributed by atoms with Gasteiger partial charge in [0.1, 0.15) is 0 Å². The van der Waals surface area contributed by atoms with Crippen LogP contribution in [0.4, 0.5) is 0 Å². The summed E-state index contributed by atoms with van der Waals surface area (Å²) in [5.41, 5.74) is 2.10. The Morgan fingerprint density at radius 2 is 2.00 bits per heavy atom. The van der Waals surface area contributed by atoms with Gasteiger partial charge in [0.2, 0.25) is 0 Å². The molecule has 1 N–H and O–H groups in total. The maximum Gasteiger partial charge on any atom is 0.273 e. The van der Waals surface area contributed by atoms with Gasteiger partial charge in [-0.15, -0.1) is 0 Å². The lowest BCUT2D eigenvalue weighted by Crippen LogP contribution is -2.43. The third-order valence-corrected chi connectivity index (χ3v) is 5.14. The highest BCUT2D eigenvalue weighted by Gasteiger charge is 2.24. The second-order valence-corrected chi connectivity index (χ2v) is 7.18. The van der Waals surface area contributed by atoms with E-state index in [1.54, 1.807) is 24.4 Å². The van der Waals surface area contributed by atoms with Crippen LogP contribution in [-0.2, 0) is 4.74 Å². The SMILES string of the molecule is O=C(NCC(c1cccnc1)N1CCOCC1)c1cc(-c2ccc(Cl)cc2)on1. The summed E-state index contributed by atoms with van der Waals surface area (Å²) in [6.07, 6.45) is 3.58. The van der Waals surface area contributed by atoms with Crippen molar-refractivity contribution < 1.29 is 14.1 Å². The highest BCUT2D eigenvalue weighted by atomic mass is 35.5. The number of ether oxygens (including phenoxy) is 1. The van der Waals surface area contributed by atoms with Crippen LogP contribution < -0.4 is 5.32 Å². The molecule has 1 amide bonds. The van der Waals surface area contributed by atoms with Crippen LogP contribution in [0.5, 0.6) is 0 Å². The number of hydrogen-bond acceptors (Lipinski definition) is 6. The van der Waals surface area contributed by atoms with Crippen molar-refractivity contribution >= 4 is 17.5 Å². The molecule has 1 unspecified atom stereocenters. The molecule has 0 saturated carbocycles. The molecule has 0 spiro atoms. The molecule has 1 atom stereocenters. The van der Waals surface area contributed by atoms with E-state index >= 15 is 0 Å². The van der Waals surface area contributed by atoms with Crippen molar-refractivity contribution in [2.24, 2.45) is 0 Å². The minimum absolute atomic E-state index is 0.0131. The van der Waals surface area contributed by atoms with Crippen LogP contribution in [0, 0.1) is 0 Å². The maximum atomic E-state index is 12.6. The molecule has 0 radical (unpaired) electrons. The van der Waals surface area contributed by atoms with E-state index in [0.717, 1.165) is 24.2 Å². The largest absolute Gasteiger partial charge is 0.379 e. The van der Waals surface area contributed by atoms with Gasteiger partial charge in [-0.25, -0.2) is 0 Å². The number of nitrogens with zero attached hydrogens (tertiary/aromatic N) is 3. The van der Waals surface area contributed by atoms with Crippen LogP contribution in [0.15, 0.2) is 59.4 Å². The van der Waals surface area contributed by atoms with Gasteiger partial charge in [0.05, 0.1) is 19.3 Å². The van der Waals surface area contributed by atoms with Crippen molar-refractivity contribution in [3.8, 4) is 11.3 Å². The summed E-state index contributed by atoms with van der Waals surface area (Å²) in [6, 6.07) is 12.7. The quantitative estimate of drug-likeness (QED) is 0.669. The molecule has 1 aliphatic heterocycles. The van der Waals surface area contributed by atoms with Gasteiger partial charge in [0, 0.05) is 48.7 Å². The summed E-state index contributed by atoms with van der Waals surface area (Å²) >= 11 is 5.91. The topological polar surface area (TPSA) is 80.5 Å². The predicted molar refractivity (Wildman–Crippen MR) is 109 cm³/mol. The molecule has 0 bridgehead atoms. The van der Waals surface area contributed by atoms with Gasteiger partial charge >= 0.3 is 0 Å². The van der Waals surface area contributed by atoms with Crippen LogP contribution in [0.3, 0.4) is 0 Å². The molecular weight excluding hydrogens is 392 g/mol. The molecule has 1 aliphatic rings. The number of pyridine rings is 1. The first kappa shape index (κ1) is 19.6. The Morgan fingerprint density at radius 1 is 1.21 bits per heavy atom. The molecule has 0 aliphatic carbocycles. The molecule has 1 saturated heterocycles. The Bertz CT molecular complexity index is 940. The normalized spacial score (nSPS) is 15.8. The highest BCUT2D eigenvalue weighted by Crippen LogP contribution is 2.23. The fraction of sp³-hybridized carbons (Fsp3) is 0.286. The van der Waals surface area contributed by atoms with Crippen molar-refractivity contribution in [2.75, 3.05) is 32.8 Å². The third-order valence-electron chi connectivity index (χ3n) is 4.88. The minimum atomic E-state index is -0.281. The zero-order valence-corrected chi connectivity index (χ0v) is 16.5. The number of benzene rings is 1. The first-order valence-corrected chi connectivity index (χ1v) is 9.81. The monoisotopic (exact) mass is 412 g/mol. The summed E-state index contributed by atoms with van der Waals surface area (Å²) in [4.78, 5) is 19.2. The van der Waals surface area contributed by atoms with E-state index < -0.39 is 0 Å². The van der Waals surface area contributed by atoms with E-state index in [-0.39, 0.29) is 17.6 Å². The van der Waals surface area contributed by atoms with Gasteiger partial charge in [-0.1, -0.05) is 22.8 Å². The second kappa shape index (κ2) is 9.17. The fourth-order valence-electron chi connectivity index (χ4n) is 3.33. The van der Waals surface area contributed by atoms with Crippen LogP contribution in [0.25, 0.3) is 11.3 Å². The number of hydrogen-bond donors (Lipinski definition) is 1. The highest BCUT2D eigenvalue weighted by molar-refractivity contribution is 6.30. The van der Waals surface area contributed by atoms with Crippen molar-refractivity contribution in [1.82, 2.24) is 20.4 Å². The molecular formula is C21H21ClN4O3. The lowest BCUT2D eigenvalue weighted by atomic mass is 10.1. The third kappa shape index (κ3) is 4.82. The molecule has 2 aromatic heterocycles. The average Bonchev–Trinajstić information content (AvgIpc) is 3.26. The van der Waals surface area contributed by atoms with E-state index in [2.05, 4.69) is 20.4 Å². The number of amides is 1. The molecule has 3 aromatic rings.